The highest BCUT2D eigenvalue weighted by atomic mass is 16.5. The number of anilines is 1. The lowest BCUT2D eigenvalue weighted by molar-refractivity contribution is 0.0925. The fraction of sp³-hybridized carbons (Fsp3) is 0.227. The van der Waals surface area contributed by atoms with Crippen molar-refractivity contribution in [3.05, 3.63) is 65.4 Å². The lowest BCUT2D eigenvalue weighted by Crippen LogP contribution is -2.30. The van der Waals surface area contributed by atoms with Gasteiger partial charge in [0.2, 0.25) is 0 Å². The minimum Gasteiger partial charge on any atom is -0.497 e. The van der Waals surface area contributed by atoms with E-state index in [2.05, 4.69) is 6.92 Å². The summed E-state index contributed by atoms with van der Waals surface area (Å²) >= 11 is 0. The van der Waals surface area contributed by atoms with Crippen LogP contribution in [0.15, 0.2) is 48.5 Å². The lowest BCUT2D eigenvalue weighted by Gasteiger charge is -2.19. The van der Waals surface area contributed by atoms with Crippen molar-refractivity contribution in [1.82, 2.24) is 4.98 Å². The summed E-state index contributed by atoms with van der Waals surface area (Å²) in [5, 5.41) is 0.834. The van der Waals surface area contributed by atoms with E-state index in [1.165, 1.54) is 4.90 Å². The van der Waals surface area contributed by atoms with E-state index in [1.807, 2.05) is 24.3 Å². The highest BCUT2D eigenvalue weighted by molar-refractivity contribution is 6.34. The van der Waals surface area contributed by atoms with Crippen molar-refractivity contribution in [2.24, 2.45) is 0 Å². The van der Waals surface area contributed by atoms with Gasteiger partial charge >= 0.3 is 0 Å². The molecular weight excluding hydrogens is 340 g/mol. The van der Waals surface area contributed by atoms with Gasteiger partial charge in [0.05, 0.1) is 35.1 Å². The third kappa shape index (κ3) is 2.85. The quantitative estimate of drug-likeness (QED) is 0.633. The van der Waals surface area contributed by atoms with Crippen LogP contribution in [0, 0.1) is 0 Å². The van der Waals surface area contributed by atoms with Crippen LogP contribution in [0.3, 0.4) is 0 Å². The molecule has 0 N–H and O–H groups in total. The number of amides is 2. The standard InChI is InChI=1S/C22H20N2O3/c1-3-4-9-19-20(13-14-12-15(27-2)10-11-18(14)23-19)24-21(25)16-7-5-6-8-17(16)22(24)26/h5-8,10-13H,3-4,9H2,1-2H3. The van der Waals surface area contributed by atoms with Crippen molar-refractivity contribution in [3.8, 4) is 5.75 Å². The van der Waals surface area contributed by atoms with Crippen LogP contribution in [0.25, 0.3) is 10.9 Å². The first-order valence-electron chi connectivity index (χ1n) is 9.09. The number of hydrogen-bond donors (Lipinski definition) is 0. The van der Waals surface area contributed by atoms with Crippen molar-refractivity contribution in [3.63, 3.8) is 0 Å². The summed E-state index contributed by atoms with van der Waals surface area (Å²) in [5.41, 5.74) is 3.03. The van der Waals surface area contributed by atoms with E-state index in [0.717, 1.165) is 29.4 Å². The largest absolute Gasteiger partial charge is 0.497 e. The van der Waals surface area contributed by atoms with Crippen LogP contribution in [-0.4, -0.2) is 23.9 Å². The summed E-state index contributed by atoms with van der Waals surface area (Å²) in [7, 11) is 1.61. The van der Waals surface area contributed by atoms with E-state index in [1.54, 1.807) is 31.4 Å². The van der Waals surface area contributed by atoms with Crippen molar-refractivity contribution in [2.75, 3.05) is 12.0 Å². The summed E-state index contributed by atoms with van der Waals surface area (Å²) in [6.45, 7) is 2.10. The topological polar surface area (TPSA) is 59.5 Å². The van der Waals surface area contributed by atoms with E-state index in [4.69, 9.17) is 9.72 Å². The Morgan fingerprint density at radius 2 is 1.70 bits per heavy atom. The molecule has 2 heterocycles. The molecule has 0 spiro atoms. The molecule has 0 radical (unpaired) electrons. The lowest BCUT2D eigenvalue weighted by atomic mass is 10.1. The molecule has 27 heavy (non-hydrogen) atoms. The SMILES string of the molecule is CCCCc1nc2ccc(OC)cc2cc1N1C(=O)c2ccccc2C1=O. The summed E-state index contributed by atoms with van der Waals surface area (Å²) in [5.74, 6) is 0.119. The molecule has 5 nitrogen and oxygen atoms in total. The number of aryl methyl sites for hydroxylation is 1. The predicted octanol–water partition coefficient (Wildman–Crippen LogP) is 4.39. The highest BCUT2D eigenvalue weighted by Gasteiger charge is 2.37. The molecule has 3 aromatic rings. The van der Waals surface area contributed by atoms with Gasteiger partial charge in [-0.25, -0.2) is 4.90 Å². The van der Waals surface area contributed by atoms with E-state index in [0.29, 0.717) is 29.0 Å². The zero-order chi connectivity index (χ0) is 19.0. The Labute approximate surface area is 157 Å². The highest BCUT2D eigenvalue weighted by Crippen LogP contribution is 2.33. The van der Waals surface area contributed by atoms with E-state index in [-0.39, 0.29) is 11.8 Å². The van der Waals surface area contributed by atoms with Gasteiger partial charge < -0.3 is 4.74 Å². The Kier molecular flexibility index (Phi) is 4.36. The number of carbonyl (C=O) groups excluding carboxylic acids is 2. The van der Waals surface area contributed by atoms with Gasteiger partial charge in [0, 0.05) is 5.39 Å². The molecule has 1 aliphatic rings. The molecule has 0 aliphatic carbocycles. The minimum atomic E-state index is -0.294. The van der Waals surface area contributed by atoms with Gasteiger partial charge in [0.15, 0.2) is 0 Å². The van der Waals surface area contributed by atoms with E-state index < -0.39 is 0 Å². The Bertz CT molecular complexity index is 1020. The maximum atomic E-state index is 12.9. The first-order valence-corrected chi connectivity index (χ1v) is 9.09. The number of ether oxygens (including phenoxy) is 1. The van der Waals surface area contributed by atoms with Crippen LogP contribution < -0.4 is 9.64 Å². The number of rotatable bonds is 5. The first-order chi connectivity index (χ1) is 13.1. The molecule has 2 aromatic carbocycles. The fourth-order valence-corrected chi connectivity index (χ4v) is 3.44. The number of fused-ring (bicyclic) bond motifs is 2. The van der Waals surface area contributed by atoms with Gasteiger partial charge in [-0.05, 0) is 49.2 Å². The number of hydrogen-bond acceptors (Lipinski definition) is 4. The summed E-state index contributed by atoms with van der Waals surface area (Å²) in [4.78, 5) is 31.9. The second kappa shape index (κ2) is 6.83. The summed E-state index contributed by atoms with van der Waals surface area (Å²) in [6, 6.07) is 14.4. The minimum absolute atomic E-state index is 0.294. The van der Waals surface area contributed by atoms with Crippen molar-refractivity contribution >= 4 is 28.4 Å². The molecule has 1 aliphatic heterocycles. The first kappa shape index (κ1) is 17.2. The van der Waals surface area contributed by atoms with E-state index >= 15 is 0 Å². The normalized spacial score (nSPS) is 13.3. The number of unbranched alkanes of at least 4 members (excludes halogenated alkanes) is 1. The predicted molar refractivity (Wildman–Crippen MR) is 104 cm³/mol. The van der Waals surface area contributed by atoms with Crippen LogP contribution in [0.2, 0.25) is 0 Å². The molecule has 0 fully saturated rings. The van der Waals surface area contributed by atoms with Crippen LogP contribution in [-0.2, 0) is 6.42 Å². The Balaban J connectivity index is 1.88. The van der Waals surface area contributed by atoms with Crippen molar-refractivity contribution in [1.29, 1.82) is 0 Å². The van der Waals surface area contributed by atoms with Crippen molar-refractivity contribution in [2.45, 2.75) is 26.2 Å². The van der Waals surface area contributed by atoms with Gasteiger partial charge in [-0.1, -0.05) is 25.5 Å². The Hall–Kier alpha value is -3.21. The second-order valence-corrected chi connectivity index (χ2v) is 6.61. The van der Waals surface area contributed by atoms with Gasteiger partial charge in [0.1, 0.15) is 5.75 Å². The average Bonchev–Trinajstić information content (AvgIpc) is 2.96. The molecule has 0 bridgehead atoms. The molecule has 0 atom stereocenters. The zero-order valence-electron chi connectivity index (χ0n) is 15.4. The summed E-state index contributed by atoms with van der Waals surface area (Å²) in [6.07, 6.45) is 2.65. The van der Waals surface area contributed by atoms with Gasteiger partial charge in [0.25, 0.3) is 11.8 Å². The molecule has 0 unspecified atom stereocenters. The van der Waals surface area contributed by atoms with Crippen LogP contribution in [0.5, 0.6) is 5.75 Å². The number of aromatic nitrogens is 1. The van der Waals surface area contributed by atoms with Crippen LogP contribution in [0.1, 0.15) is 46.2 Å². The Morgan fingerprint density at radius 3 is 2.33 bits per heavy atom. The third-order valence-electron chi connectivity index (χ3n) is 4.88. The number of imide groups is 1. The smallest absolute Gasteiger partial charge is 0.266 e. The number of nitrogens with zero attached hydrogens (tertiary/aromatic N) is 2. The number of methoxy groups -OCH3 is 1. The number of carbonyl (C=O) groups is 2. The molecule has 5 heteroatoms. The van der Waals surface area contributed by atoms with Gasteiger partial charge in [-0.3, -0.25) is 14.6 Å². The maximum absolute atomic E-state index is 12.9. The third-order valence-corrected chi connectivity index (χ3v) is 4.88. The Morgan fingerprint density at radius 1 is 1.00 bits per heavy atom. The summed E-state index contributed by atoms with van der Waals surface area (Å²) < 4.78 is 5.30. The monoisotopic (exact) mass is 360 g/mol. The molecule has 2 amide bonds. The molecule has 136 valence electrons. The van der Waals surface area contributed by atoms with Crippen molar-refractivity contribution < 1.29 is 14.3 Å². The molecule has 1 aromatic heterocycles. The second-order valence-electron chi connectivity index (χ2n) is 6.61. The van der Waals surface area contributed by atoms with E-state index in [9.17, 15) is 9.59 Å². The van der Waals surface area contributed by atoms with Gasteiger partial charge in [-0.15, -0.1) is 0 Å². The van der Waals surface area contributed by atoms with Crippen LogP contribution in [0.4, 0.5) is 5.69 Å². The average molecular weight is 360 g/mol. The zero-order valence-corrected chi connectivity index (χ0v) is 15.4. The molecule has 4 rings (SSSR count). The van der Waals surface area contributed by atoms with Gasteiger partial charge in [-0.2, -0.15) is 0 Å². The number of pyridine rings is 1. The fourth-order valence-electron chi connectivity index (χ4n) is 3.44. The van der Waals surface area contributed by atoms with Crippen LogP contribution >= 0.6 is 0 Å². The molecule has 0 saturated carbocycles. The number of benzene rings is 2. The molecular formula is C22H20N2O3. The molecule has 0 saturated heterocycles. The maximum Gasteiger partial charge on any atom is 0.266 e.